The highest BCUT2D eigenvalue weighted by Gasteiger charge is 2.34. The Morgan fingerprint density at radius 2 is 2.18 bits per heavy atom. The maximum absolute atomic E-state index is 13.4. The molecule has 0 spiro atoms. The Balaban J connectivity index is 1.70. The van der Waals surface area contributed by atoms with E-state index in [4.69, 9.17) is 5.10 Å². The van der Waals surface area contributed by atoms with Gasteiger partial charge in [-0.2, -0.15) is 5.10 Å². The van der Waals surface area contributed by atoms with Crippen LogP contribution < -0.4 is 5.32 Å². The summed E-state index contributed by atoms with van der Waals surface area (Å²) in [5.41, 5.74) is 4.90. The van der Waals surface area contributed by atoms with Crippen LogP contribution in [0.15, 0.2) is 36.5 Å². The molecule has 2 aliphatic heterocycles. The Hall–Kier alpha value is -2.27. The Labute approximate surface area is 127 Å². The summed E-state index contributed by atoms with van der Waals surface area (Å²) in [5.74, 6) is -0.244. The van der Waals surface area contributed by atoms with Crippen LogP contribution in [-0.2, 0) is 6.42 Å². The molecule has 1 saturated heterocycles. The van der Waals surface area contributed by atoms with Gasteiger partial charge in [0.15, 0.2) is 5.65 Å². The molecule has 3 aromatic rings. The fraction of sp³-hybridized carbons (Fsp3) is 0.294. The van der Waals surface area contributed by atoms with Crippen molar-refractivity contribution in [1.82, 2.24) is 19.9 Å². The maximum Gasteiger partial charge on any atom is 0.155 e. The van der Waals surface area contributed by atoms with E-state index in [2.05, 4.69) is 10.3 Å². The van der Waals surface area contributed by atoms with Crippen LogP contribution >= 0.6 is 0 Å². The molecular weight excluding hydrogens is 279 g/mol. The molecule has 2 aliphatic rings. The van der Waals surface area contributed by atoms with Crippen LogP contribution in [0.2, 0.25) is 0 Å². The number of benzene rings is 1. The zero-order valence-corrected chi connectivity index (χ0v) is 12.0. The molecule has 110 valence electrons. The molecule has 2 atom stereocenters. The second-order valence-electron chi connectivity index (χ2n) is 6.17. The molecule has 0 saturated carbocycles. The summed E-state index contributed by atoms with van der Waals surface area (Å²) in [6.07, 6.45) is 5.33. The van der Waals surface area contributed by atoms with Gasteiger partial charge in [0.25, 0.3) is 0 Å². The van der Waals surface area contributed by atoms with Crippen LogP contribution in [0.25, 0.3) is 16.9 Å². The summed E-state index contributed by atoms with van der Waals surface area (Å²) in [4.78, 5) is 4.55. The van der Waals surface area contributed by atoms with Crippen molar-refractivity contribution in [1.29, 1.82) is 0 Å². The molecular formula is C17H15FN4. The largest absolute Gasteiger partial charge is 0.307 e. The summed E-state index contributed by atoms with van der Waals surface area (Å²) in [6, 6.07) is 9.43. The first-order valence-corrected chi connectivity index (χ1v) is 7.67. The molecule has 4 nitrogen and oxygen atoms in total. The van der Waals surface area contributed by atoms with Crippen molar-refractivity contribution in [2.75, 3.05) is 0 Å². The van der Waals surface area contributed by atoms with Gasteiger partial charge < -0.3 is 5.32 Å². The molecule has 0 unspecified atom stereocenters. The van der Waals surface area contributed by atoms with Crippen molar-refractivity contribution in [3.05, 3.63) is 53.6 Å². The average molecular weight is 294 g/mol. The number of aromatic nitrogens is 3. The van der Waals surface area contributed by atoms with Crippen molar-refractivity contribution >= 4 is 5.65 Å². The van der Waals surface area contributed by atoms with Gasteiger partial charge in [-0.15, -0.1) is 0 Å². The molecule has 0 radical (unpaired) electrons. The minimum atomic E-state index is -0.244. The van der Waals surface area contributed by atoms with Crippen molar-refractivity contribution in [3.63, 3.8) is 0 Å². The van der Waals surface area contributed by atoms with E-state index in [1.807, 2.05) is 22.8 Å². The zero-order chi connectivity index (χ0) is 14.7. The molecule has 1 aromatic carbocycles. The van der Waals surface area contributed by atoms with Crippen molar-refractivity contribution in [3.8, 4) is 11.3 Å². The van der Waals surface area contributed by atoms with Gasteiger partial charge in [-0.25, -0.2) is 13.9 Å². The van der Waals surface area contributed by atoms with Gasteiger partial charge in [0.2, 0.25) is 0 Å². The number of fused-ring (bicyclic) bond motifs is 6. The van der Waals surface area contributed by atoms with Crippen LogP contribution in [0.5, 0.6) is 0 Å². The van der Waals surface area contributed by atoms with Gasteiger partial charge >= 0.3 is 0 Å². The SMILES string of the molecule is Fc1cccc(-c2cc3ncc4c(n3n2)C[C@@H]2CC[C@H]4N2)c1. The molecule has 1 N–H and O–H groups in total. The molecule has 5 heteroatoms. The second kappa shape index (κ2) is 4.36. The fourth-order valence-electron chi connectivity index (χ4n) is 3.74. The summed E-state index contributed by atoms with van der Waals surface area (Å²) in [7, 11) is 0. The van der Waals surface area contributed by atoms with Gasteiger partial charge in [0.05, 0.1) is 11.4 Å². The van der Waals surface area contributed by atoms with E-state index in [1.54, 1.807) is 6.07 Å². The lowest BCUT2D eigenvalue weighted by Gasteiger charge is -2.24. The molecule has 4 heterocycles. The Bertz CT molecular complexity index is 885. The van der Waals surface area contributed by atoms with Crippen molar-refractivity contribution in [2.45, 2.75) is 31.3 Å². The fourth-order valence-corrected chi connectivity index (χ4v) is 3.74. The van der Waals surface area contributed by atoms with Crippen LogP contribution in [0.3, 0.4) is 0 Å². The van der Waals surface area contributed by atoms with Gasteiger partial charge in [0.1, 0.15) is 5.82 Å². The number of nitrogens with zero attached hydrogens (tertiary/aromatic N) is 3. The minimum absolute atomic E-state index is 0.244. The lowest BCUT2D eigenvalue weighted by molar-refractivity contribution is 0.496. The third kappa shape index (κ3) is 1.72. The highest BCUT2D eigenvalue weighted by molar-refractivity contribution is 5.64. The number of hydrogen-bond acceptors (Lipinski definition) is 3. The first kappa shape index (κ1) is 12.3. The summed E-state index contributed by atoms with van der Waals surface area (Å²) < 4.78 is 15.4. The normalized spacial score (nSPS) is 23.0. The molecule has 2 aromatic heterocycles. The summed E-state index contributed by atoms with van der Waals surface area (Å²) >= 11 is 0. The van der Waals surface area contributed by atoms with Crippen LogP contribution in [0.4, 0.5) is 4.39 Å². The number of hydrogen-bond donors (Lipinski definition) is 1. The van der Waals surface area contributed by atoms with E-state index in [0.717, 1.165) is 23.3 Å². The lowest BCUT2D eigenvalue weighted by atomic mass is 10.0. The molecule has 22 heavy (non-hydrogen) atoms. The first-order valence-electron chi connectivity index (χ1n) is 7.67. The predicted octanol–water partition coefficient (Wildman–Crippen LogP) is 2.88. The Morgan fingerprint density at radius 3 is 3.09 bits per heavy atom. The van der Waals surface area contributed by atoms with E-state index in [-0.39, 0.29) is 5.82 Å². The number of rotatable bonds is 1. The summed E-state index contributed by atoms with van der Waals surface area (Å²) in [5, 5.41) is 8.32. The molecule has 5 rings (SSSR count). The van der Waals surface area contributed by atoms with E-state index >= 15 is 0 Å². The quantitative estimate of drug-likeness (QED) is 0.750. The van der Waals surface area contributed by atoms with Gasteiger partial charge in [-0.05, 0) is 25.0 Å². The van der Waals surface area contributed by atoms with E-state index in [0.29, 0.717) is 12.1 Å². The second-order valence-corrected chi connectivity index (χ2v) is 6.17. The average Bonchev–Trinajstić information content (AvgIpc) is 3.12. The maximum atomic E-state index is 13.4. The topological polar surface area (TPSA) is 42.2 Å². The third-order valence-electron chi connectivity index (χ3n) is 4.79. The highest BCUT2D eigenvalue weighted by Crippen LogP contribution is 2.35. The van der Waals surface area contributed by atoms with Crippen molar-refractivity contribution < 1.29 is 4.39 Å². The molecule has 2 bridgehead atoms. The number of nitrogens with one attached hydrogen (secondary N) is 1. The Kier molecular flexibility index (Phi) is 2.44. The monoisotopic (exact) mass is 294 g/mol. The van der Waals surface area contributed by atoms with Crippen LogP contribution in [-0.4, -0.2) is 20.6 Å². The minimum Gasteiger partial charge on any atom is -0.307 e. The predicted molar refractivity (Wildman–Crippen MR) is 81.0 cm³/mol. The van der Waals surface area contributed by atoms with Crippen LogP contribution in [0, 0.1) is 5.82 Å². The standard InChI is InChI=1S/C17H15FN4/c18-11-3-1-2-10(6-11)15-8-17-19-9-13-14-5-4-12(20-14)7-16(13)22(17)21-15/h1-3,6,8-9,12,14,20H,4-5,7H2/t12-,14+/m0/s1. The van der Waals surface area contributed by atoms with E-state index in [9.17, 15) is 4.39 Å². The van der Waals surface area contributed by atoms with Gasteiger partial charge in [-0.1, -0.05) is 12.1 Å². The Morgan fingerprint density at radius 1 is 1.23 bits per heavy atom. The smallest absolute Gasteiger partial charge is 0.155 e. The van der Waals surface area contributed by atoms with E-state index < -0.39 is 0 Å². The molecule has 1 fully saturated rings. The third-order valence-corrected chi connectivity index (χ3v) is 4.79. The highest BCUT2D eigenvalue weighted by atomic mass is 19.1. The first-order chi connectivity index (χ1) is 10.8. The van der Waals surface area contributed by atoms with Crippen LogP contribution in [0.1, 0.15) is 30.1 Å². The zero-order valence-electron chi connectivity index (χ0n) is 12.0. The molecule has 0 amide bonds. The lowest BCUT2D eigenvalue weighted by Crippen LogP contribution is -2.33. The van der Waals surface area contributed by atoms with Gasteiger partial charge in [0, 0.05) is 41.9 Å². The van der Waals surface area contributed by atoms with Gasteiger partial charge in [-0.3, -0.25) is 0 Å². The number of halogens is 1. The van der Waals surface area contributed by atoms with E-state index in [1.165, 1.54) is 36.2 Å². The molecule has 0 aliphatic carbocycles. The summed E-state index contributed by atoms with van der Waals surface area (Å²) in [6.45, 7) is 0. The van der Waals surface area contributed by atoms with Crippen molar-refractivity contribution in [2.24, 2.45) is 0 Å².